The lowest BCUT2D eigenvalue weighted by Crippen LogP contribution is -1.97. The number of benzene rings is 3. The van der Waals surface area contributed by atoms with Gasteiger partial charge in [-0.25, -0.2) is 14.6 Å². The van der Waals surface area contributed by atoms with Gasteiger partial charge >= 0.3 is 0 Å². The van der Waals surface area contributed by atoms with E-state index in [-0.39, 0.29) is 0 Å². The van der Waals surface area contributed by atoms with Crippen molar-refractivity contribution in [2.75, 3.05) is 5.73 Å². The molecule has 5 nitrogen and oxygen atoms in total. The molecule has 0 aliphatic rings. The van der Waals surface area contributed by atoms with Crippen LogP contribution in [-0.2, 0) is 0 Å². The Morgan fingerprint density at radius 2 is 1.77 bits per heavy atom. The summed E-state index contributed by atoms with van der Waals surface area (Å²) in [6.07, 6.45) is 3.46. The summed E-state index contributed by atoms with van der Waals surface area (Å²) < 4.78 is 1.54. The van der Waals surface area contributed by atoms with Crippen molar-refractivity contribution in [1.82, 2.24) is 14.6 Å². The summed E-state index contributed by atoms with van der Waals surface area (Å²) in [5.74, 6) is 0.301. The first-order valence-corrected chi connectivity index (χ1v) is 9.90. The third-order valence-corrected chi connectivity index (χ3v) is 5.33. The number of hydrogen-bond donors (Lipinski definition) is 1. The summed E-state index contributed by atoms with van der Waals surface area (Å²) in [6.45, 7) is 2.04. The standard InChI is InChI=1S/C24H18ClN5/c1-15-6-9-21-19(10-15)12-20(23(25)28-21)13-27-30-14-22(29-24(30)26)18-8-7-16-4-2-3-5-17(16)11-18/h2-14H,1H3,(H2,26,29)/b27-13+. The molecule has 2 N–H and O–H groups in total. The maximum atomic E-state index is 6.35. The van der Waals surface area contributed by atoms with Crippen LogP contribution in [0.3, 0.4) is 0 Å². The van der Waals surface area contributed by atoms with Gasteiger partial charge in [-0.3, -0.25) is 0 Å². The molecule has 0 amide bonds. The number of hydrogen-bond acceptors (Lipinski definition) is 4. The summed E-state index contributed by atoms with van der Waals surface area (Å²) in [5.41, 5.74) is 10.6. The topological polar surface area (TPSA) is 69.1 Å². The molecule has 30 heavy (non-hydrogen) atoms. The van der Waals surface area contributed by atoms with Gasteiger partial charge in [0.15, 0.2) is 0 Å². The van der Waals surface area contributed by atoms with E-state index < -0.39 is 0 Å². The Morgan fingerprint density at radius 3 is 2.63 bits per heavy atom. The third kappa shape index (κ3) is 3.40. The molecule has 0 bridgehead atoms. The molecule has 6 heteroatoms. The Bertz CT molecular complexity index is 1430. The largest absolute Gasteiger partial charge is 0.368 e. The average molecular weight is 412 g/mol. The molecule has 0 fully saturated rings. The van der Waals surface area contributed by atoms with Gasteiger partial charge in [-0.15, -0.1) is 0 Å². The quantitative estimate of drug-likeness (QED) is 0.307. The molecule has 0 atom stereocenters. The van der Waals surface area contributed by atoms with Crippen LogP contribution in [0, 0.1) is 6.92 Å². The van der Waals surface area contributed by atoms with Crippen molar-refractivity contribution >= 4 is 45.4 Å². The van der Waals surface area contributed by atoms with Crippen LogP contribution in [0.5, 0.6) is 0 Å². The fourth-order valence-electron chi connectivity index (χ4n) is 3.47. The number of nitrogen functional groups attached to an aromatic ring is 1. The molecular formula is C24H18ClN5. The minimum atomic E-state index is 0.301. The van der Waals surface area contributed by atoms with E-state index >= 15 is 0 Å². The Kier molecular flexibility index (Phi) is 4.45. The van der Waals surface area contributed by atoms with Crippen molar-refractivity contribution in [3.8, 4) is 11.3 Å². The van der Waals surface area contributed by atoms with E-state index in [1.54, 1.807) is 10.9 Å². The summed E-state index contributed by atoms with van der Waals surface area (Å²) in [4.78, 5) is 8.91. The number of aryl methyl sites for hydroxylation is 1. The van der Waals surface area contributed by atoms with Gasteiger partial charge in [0.2, 0.25) is 5.95 Å². The van der Waals surface area contributed by atoms with Gasteiger partial charge in [-0.05, 0) is 42.0 Å². The first-order valence-electron chi connectivity index (χ1n) is 9.52. The van der Waals surface area contributed by atoms with Crippen LogP contribution in [-0.4, -0.2) is 20.9 Å². The number of rotatable bonds is 3. The number of imidazole rings is 1. The highest BCUT2D eigenvalue weighted by molar-refractivity contribution is 6.32. The van der Waals surface area contributed by atoms with Gasteiger partial charge in [0.05, 0.1) is 23.6 Å². The summed E-state index contributed by atoms with van der Waals surface area (Å²) in [7, 11) is 0. The number of nitrogens with zero attached hydrogens (tertiary/aromatic N) is 4. The monoisotopic (exact) mass is 411 g/mol. The molecule has 146 valence electrons. The molecule has 2 heterocycles. The van der Waals surface area contributed by atoms with Crippen molar-refractivity contribution in [1.29, 1.82) is 0 Å². The van der Waals surface area contributed by atoms with Gasteiger partial charge < -0.3 is 5.73 Å². The molecule has 5 aromatic rings. The van der Waals surface area contributed by atoms with E-state index in [0.717, 1.165) is 38.7 Å². The van der Waals surface area contributed by atoms with E-state index in [4.69, 9.17) is 17.3 Å². The number of aromatic nitrogens is 3. The van der Waals surface area contributed by atoms with E-state index in [2.05, 4.69) is 45.4 Å². The zero-order valence-electron chi connectivity index (χ0n) is 16.2. The van der Waals surface area contributed by atoms with E-state index in [9.17, 15) is 0 Å². The SMILES string of the molecule is Cc1ccc2nc(Cl)c(/C=N/n3cc(-c4ccc5ccccc5c4)nc3N)cc2c1. The molecular weight excluding hydrogens is 394 g/mol. The fourth-order valence-corrected chi connectivity index (χ4v) is 3.66. The average Bonchev–Trinajstić information content (AvgIpc) is 3.12. The second-order valence-electron chi connectivity index (χ2n) is 7.20. The molecule has 0 unspecified atom stereocenters. The van der Waals surface area contributed by atoms with Crippen molar-refractivity contribution in [3.63, 3.8) is 0 Å². The lowest BCUT2D eigenvalue weighted by molar-refractivity contribution is 0.898. The maximum Gasteiger partial charge on any atom is 0.221 e. The first kappa shape index (κ1) is 18.3. The van der Waals surface area contributed by atoms with Crippen LogP contribution in [0.15, 0.2) is 78.0 Å². The molecule has 0 aliphatic carbocycles. The highest BCUT2D eigenvalue weighted by Gasteiger charge is 2.08. The van der Waals surface area contributed by atoms with Crippen LogP contribution in [0.25, 0.3) is 32.9 Å². The molecule has 5 rings (SSSR count). The third-order valence-electron chi connectivity index (χ3n) is 5.03. The van der Waals surface area contributed by atoms with Crippen molar-refractivity contribution < 1.29 is 0 Å². The molecule has 0 aliphatic heterocycles. The summed E-state index contributed by atoms with van der Waals surface area (Å²) >= 11 is 6.35. The molecule has 2 aromatic heterocycles. The van der Waals surface area contributed by atoms with Gasteiger partial charge in [-0.1, -0.05) is 59.6 Å². The number of nitrogens with two attached hydrogens (primary N) is 1. The minimum absolute atomic E-state index is 0.301. The highest BCUT2D eigenvalue weighted by atomic mass is 35.5. The minimum Gasteiger partial charge on any atom is -0.368 e. The fraction of sp³-hybridized carbons (Fsp3) is 0.0417. The van der Waals surface area contributed by atoms with Crippen molar-refractivity contribution in [2.24, 2.45) is 5.10 Å². The second kappa shape index (κ2) is 7.28. The van der Waals surface area contributed by atoms with Crippen LogP contribution >= 0.6 is 11.6 Å². The normalized spacial score (nSPS) is 11.7. The van der Waals surface area contributed by atoms with Crippen molar-refractivity contribution in [3.05, 3.63) is 89.2 Å². The molecule has 0 spiro atoms. The lowest BCUT2D eigenvalue weighted by Gasteiger charge is -2.03. The summed E-state index contributed by atoms with van der Waals surface area (Å²) in [5, 5.41) is 8.19. The number of fused-ring (bicyclic) bond motifs is 2. The van der Waals surface area contributed by atoms with Crippen LogP contribution < -0.4 is 5.73 Å². The Morgan fingerprint density at radius 1 is 0.933 bits per heavy atom. The van der Waals surface area contributed by atoms with Gasteiger partial charge in [0.25, 0.3) is 0 Å². The predicted molar refractivity (Wildman–Crippen MR) is 124 cm³/mol. The number of anilines is 1. The van der Waals surface area contributed by atoms with E-state index in [0.29, 0.717) is 11.1 Å². The molecule has 0 radical (unpaired) electrons. The second-order valence-corrected chi connectivity index (χ2v) is 7.56. The highest BCUT2D eigenvalue weighted by Crippen LogP contribution is 2.25. The Balaban J connectivity index is 1.49. The van der Waals surface area contributed by atoms with Gasteiger partial charge in [0, 0.05) is 16.5 Å². The van der Waals surface area contributed by atoms with Crippen LogP contribution in [0.2, 0.25) is 5.15 Å². The zero-order valence-corrected chi connectivity index (χ0v) is 17.0. The lowest BCUT2D eigenvalue weighted by atomic mass is 10.1. The van der Waals surface area contributed by atoms with Gasteiger partial charge in [-0.2, -0.15) is 5.10 Å². The predicted octanol–water partition coefficient (Wildman–Crippen LogP) is 5.68. The summed E-state index contributed by atoms with van der Waals surface area (Å²) in [6, 6.07) is 22.4. The van der Waals surface area contributed by atoms with E-state index in [1.165, 1.54) is 5.39 Å². The number of halogens is 1. The Hall–Kier alpha value is -3.70. The van der Waals surface area contributed by atoms with Gasteiger partial charge in [0.1, 0.15) is 5.15 Å². The zero-order chi connectivity index (χ0) is 20.7. The molecule has 0 saturated heterocycles. The van der Waals surface area contributed by atoms with Crippen LogP contribution in [0.4, 0.5) is 5.95 Å². The van der Waals surface area contributed by atoms with Crippen LogP contribution in [0.1, 0.15) is 11.1 Å². The molecule has 0 saturated carbocycles. The number of pyridine rings is 1. The Labute approximate surface area is 178 Å². The van der Waals surface area contributed by atoms with E-state index in [1.807, 2.05) is 49.5 Å². The van der Waals surface area contributed by atoms with Crippen molar-refractivity contribution in [2.45, 2.75) is 6.92 Å². The maximum absolute atomic E-state index is 6.35. The smallest absolute Gasteiger partial charge is 0.221 e. The first-order chi connectivity index (χ1) is 14.6. The molecule has 3 aromatic carbocycles.